The van der Waals surface area contributed by atoms with E-state index in [0.29, 0.717) is 18.4 Å². The highest BCUT2D eigenvalue weighted by molar-refractivity contribution is 6.32. The number of pyridine rings is 1. The van der Waals surface area contributed by atoms with E-state index in [9.17, 15) is 9.59 Å². The maximum Gasteiger partial charge on any atom is 0.305 e. The minimum absolute atomic E-state index is 0.143. The quantitative estimate of drug-likeness (QED) is 0.805. The van der Waals surface area contributed by atoms with Crippen molar-refractivity contribution in [3.63, 3.8) is 0 Å². The number of aromatic nitrogens is 1. The molecule has 7 heteroatoms. The third-order valence-electron chi connectivity index (χ3n) is 3.08. The molecular weight excluding hydrogens is 296 g/mol. The van der Waals surface area contributed by atoms with E-state index < -0.39 is 17.9 Å². The Labute approximate surface area is 127 Å². The molecule has 0 saturated heterocycles. The van der Waals surface area contributed by atoms with E-state index in [4.69, 9.17) is 21.4 Å². The van der Waals surface area contributed by atoms with Gasteiger partial charge in [-0.1, -0.05) is 11.6 Å². The fourth-order valence-corrected chi connectivity index (χ4v) is 1.98. The van der Waals surface area contributed by atoms with Crippen LogP contribution >= 0.6 is 11.6 Å². The number of halogens is 1. The van der Waals surface area contributed by atoms with Gasteiger partial charge in [-0.2, -0.15) is 0 Å². The predicted molar refractivity (Wildman–Crippen MR) is 76.6 cm³/mol. The van der Waals surface area contributed by atoms with Crippen LogP contribution in [0.3, 0.4) is 0 Å². The topological polar surface area (TPSA) is 88.5 Å². The van der Waals surface area contributed by atoms with Crippen LogP contribution in [0.15, 0.2) is 12.3 Å². The minimum Gasteiger partial charge on any atom is -0.481 e. The fourth-order valence-electron chi connectivity index (χ4n) is 1.76. The molecule has 0 aliphatic heterocycles. The molecule has 1 atom stereocenters. The van der Waals surface area contributed by atoms with Crippen LogP contribution in [0.1, 0.15) is 36.5 Å². The number of amides is 1. The molecule has 0 aromatic carbocycles. The van der Waals surface area contributed by atoms with Crippen molar-refractivity contribution in [1.82, 2.24) is 10.3 Å². The van der Waals surface area contributed by atoms with Gasteiger partial charge in [0.25, 0.3) is 5.91 Å². The summed E-state index contributed by atoms with van der Waals surface area (Å²) in [6, 6.07) is 0.999. The highest BCUT2D eigenvalue weighted by Crippen LogP contribution is 2.31. The molecule has 1 aromatic heterocycles. The molecule has 1 amide bonds. The van der Waals surface area contributed by atoms with Crippen molar-refractivity contribution in [2.24, 2.45) is 5.92 Å². The van der Waals surface area contributed by atoms with Crippen molar-refractivity contribution in [2.45, 2.75) is 32.2 Å². The average molecular weight is 313 g/mol. The molecule has 1 saturated carbocycles. The zero-order valence-electron chi connectivity index (χ0n) is 11.6. The number of carboxylic acid groups (broad SMARTS) is 1. The van der Waals surface area contributed by atoms with Crippen LogP contribution in [0.2, 0.25) is 5.02 Å². The molecule has 1 aromatic rings. The summed E-state index contributed by atoms with van der Waals surface area (Å²) < 4.78 is 5.48. The molecule has 1 fully saturated rings. The number of aliphatic carboxylic acids is 1. The molecule has 21 heavy (non-hydrogen) atoms. The number of hydrogen-bond acceptors (Lipinski definition) is 4. The Morgan fingerprint density at radius 1 is 1.57 bits per heavy atom. The van der Waals surface area contributed by atoms with E-state index in [1.54, 1.807) is 6.92 Å². The number of carboxylic acids is 1. The number of ether oxygens (including phenoxy) is 1. The third kappa shape index (κ3) is 4.90. The maximum absolute atomic E-state index is 11.9. The third-order valence-corrected chi connectivity index (χ3v) is 3.35. The fraction of sp³-hybridized carbons (Fsp3) is 0.500. The summed E-state index contributed by atoms with van der Waals surface area (Å²) in [6.45, 7) is 2.21. The first-order valence-electron chi connectivity index (χ1n) is 6.76. The lowest BCUT2D eigenvalue weighted by Crippen LogP contribution is -2.34. The van der Waals surface area contributed by atoms with Crippen molar-refractivity contribution in [3.8, 4) is 5.88 Å². The van der Waals surface area contributed by atoms with Crippen LogP contribution in [-0.2, 0) is 4.79 Å². The largest absolute Gasteiger partial charge is 0.481 e. The van der Waals surface area contributed by atoms with Crippen LogP contribution in [-0.4, -0.2) is 34.6 Å². The van der Waals surface area contributed by atoms with Crippen molar-refractivity contribution >= 4 is 23.5 Å². The molecule has 6 nitrogen and oxygen atoms in total. The Balaban J connectivity index is 1.94. The predicted octanol–water partition coefficient (Wildman–Crippen LogP) is 2.12. The van der Waals surface area contributed by atoms with E-state index in [1.165, 1.54) is 25.1 Å². The lowest BCUT2D eigenvalue weighted by molar-refractivity contribution is -0.137. The van der Waals surface area contributed by atoms with Crippen molar-refractivity contribution in [2.75, 3.05) is 6.61 Å². The SMILES string of the molecule is CC(CC(=O)O)NC(=O)c1cnc(OCC2CC2)c(Cl)c1. The molecule has 1 aliphatic carbocycles. The van der Waals surface area contributed by atoms with Gasteiger partial charge in [0.2, 0.25) is 5.88 Å². The second kappa shape index (κ2) is 6.76. The highest BCUT2D eigenvalue weighted by Gasteiger charge is 2.23. The molecule has 2 N–H and O–H groups in total. The van der Waals surface area contributed by atoms with Crippen LogP contribution in [0.5, 0.6) is 5.88 Å². The second-order valence-corrected chi connectivity index (χ2v) is 5.64. The van der Waals surface area contributed by atoms with Gasteiger partial charge in [-0.05, 0) is 31.7 Å². The Morgan fingerprint density at radius 3 is 2.86 bits per heavy atom. The van der Waals surface area contributed by atoms with Crippen LogP contribution < -0.4 is 10.1 Å². The van der Waals surface area contributed by atoms with Gasteiger partial charge in [0, 0.05) is 12.2 Å². The first kappa shape index (κ1) is 15.6. The zero-order valence-corrected chi connectivity index (χ0v) is 12.4. The molecule has 1 unspecified atom stereocenters. The van der Waals surface area contributed by atoms with E-state index in [1.807, 2.05) is 0 Å². The number of carbonyl (C=O) groups is 2. The number of nitrogens with one attached hydrogen (secondary N) is 1. The number of rotatable bonds is 7. The summed E-state index contributed by atoms with van der Waals surface area (Å²) in [5.41, 5.74) is 0.274. The molecule has 1 aliphatic rings. The van der Waals surface area contributed by atoms with Gasteiger partial charge in [-0.15, -0.1) is 0 Å². The summed E-state index contributed by atoms with van der Waals surface area (Å²) in [4.78, 5) is 26.5. The molecule has 0 bridgehead atoms. The van der Waals surface area contributed by atoms with Gasteiger partial charge in [0.15, 0.2) is 0 Å². The first-order chi connectivity index (χ1) is 9.95. The Bertz CT molecular complexity index is 546. The van der Waals surface area contributed by atoms with Crippen molar-refractivity contribution in [3.05, 3.63) is 22.8 Å². The molecule has 1 heterocycles. The Morgan fingerprint density at radius 2 is 2.29 bits per heavy atom. The molecule has 0 radical (unpaired) electrons. The maximum atomic E-state index is 11.9. The lowest BCUT2D eigenvalue weighted by atomic mass is 10.2. The number of hydrogen-bond donors (Lipinski definition) is 2. The van der Waals surface area contributed by atoms with E-state index in [2.05, 4.69) is 10.3 Å². The van der Waals surface area contributed by atoms with Crippen LogP contribution in [0.4, 0.5) is 0 Å². The van der Waals surface area contributed by atoms with Gasteiger partial charge in [0.1, 0.15) is 5.02 Å². The van der Waals surface area contributed by atoms with Gasteiger partial charge in [-0.25, -0.2) is 4.98 Å². The molecular formula is C14H17ClN2O4. The smallest absolute Gasteiger partial charge is 0.305 e. The van der Waals surface area contributed by atoms with Crippen molar-refractivity contribution in [1.29, 1.82) is 0 Å². The second-order valence-electron chi connectivity index (χ2n) is 5.24. The van der Waals surface area contributed by atoms with E-state index in [-0.39, 0.29) is 17.0 Å². The normalized spacial score (nSPS) is 15.3. The molecule has 114 valence electrons. The highest BCUT2D eigenvalue weighted by atomic mass is 35.5. The van der Waals surface area contributed by atoms with E-state index >= 15 is 0 Å². The summed E-state index contributed by atoms with van der Waals surface area (Å²) in [5, 5.41) is 11.5. The standard InChI is InChI=1S/C14H17ClN2O4/c1-8(4-12(18)19)17-13(20)10-5-11(15)14(16-6-10)21-7-9-2-3-9/h5-6,8-9H,2-4,7H2,1H3,(H,17,20)(H,18,19). The van der Waals surface area contributed by atoms with Gasteiger partial charge < -0.3 is 15.2 Å². The summed E-state index contributed by atoms with van der Waals surface area (Å²) in [7, 11) is 0. The average Bonchev–Trinajstić information content (AvgIpc) is 3.20. The van der Waals surface area contributed by atoms with Crippen LogP contribution in [0, 0.1) is 5.92 Å². The molecule has 2 rings (SSSR count). The number of carbonyl (C=O) groups excluding carboxylic acids is 1. The Kier molecular flexibility index (Phi) is 5.01. The summed E-state index contributed by atoms with van der Waals surface area (Å²) in [6.07, 6.45) is 3.56. The van der Waals surface area contributed by atoms with Crippen LogP contribution in [0.25, 0.3) is 0 Å². The summed E-state index contributed by atoms with van der Waals surface area (Å²) in [5.74, 6) is -0.476. The monoisotopic (exact) mass is 312 g/mol. The minimum atomic E-state index is -0.970. The van der Waals surface area contributed by atoms with E-state index in [0.717, 1.165) is 0 Å². The zero-order chi connectivity index (χ0) is 15.4. The Hall–Kier alpha value is -1.82. The number of nitrogens with zero attached hydrogens (tertiary/aromatic N) is 1. The first-order valence-corrected chi connectivity index (χ1v) is 7.14. The summed E-state index contributed by atoms with van der Waals surface area (Å²) >= 11 is 6.04. The van der Waals surface area contributed by atoms with Gasteiger partial charge >= 0.3 is 5.97 Å². The van der Waals surface area contributed by atoms with Gasteiger partial charge in [0.05, 0.1) is 18.6 Å². The van der Waals surface area contributed by atoms with Gasteiger partial charge in [-0.3, -0.25) is 9.59 Å². The van der Waals surface area contributed by atoms with Crippen molar-refractivity contribution < 1.29 is 19.4 Å². The lowest BCUT2D eigenvalue weighted by Gasteiger charge is -2.12. The molecule has 0 spiro atoms.